The van der Waals surface area contributed by atoms with Crippen LogP contribution in [0, 0.1) is 11.7 Å². The zero-order valence-electron chi connectivity index (χ0n) is 21.2. The summed E-state index contributed by atoms with van der Waals surface area (Å²) < 4.78 is 52.0. The second-order valence-electron chi connectivity index (χ2n) is 10.8. The van der Waals surface area contributed by atoms with Crippen LogP contribution in [0.3, 0.4) is 0 Å². The van der Waals surface area contributed by atoms with Crippen LogP contribution in [-0.4, -0.2) is 72.1 Å². The summed E-state index contributed by atoms with van der Waals surface area (Å²) in [7, 11) is 0. The number of carbonyl (C=O) groups excluding carboxylic acids is 1. The van der Waals surface area contributed by atoms with Gasteiger partial charge in [0, 0.05) is 32.2 Å². The Morgan fingerprint density at radius 1 is 0.838 bits per heavy atom. The van der Waals surface area contributed by atoms with Crippen molar-refractivity contribution in [2.24, 2.45) is 5.92 Å². The summed E-state index contributed by atoms with van der Waals surface area (Å²) in [6, 6.07) is 13.2. The Balaban J connectivity index is 1.10. The van der Waals surface area contributed by atoms with E-state index in [9.17, 15) is 22.4 Å². The standard InChI is InChI=1S/C29H35F4N3O/c30-26-6-2-21(3-7-26)9-12-35-15-16-36(28(37)20-35)27-8-5-23-17-22(1-4-24(23)18-27)19-34-13-10-25(11-14-34)29(31,32)33/h1-4,6-7,17,25,27H,5,8-16,18-20H2/t27-/m0/s1. The first kappa shape index (κ1) is 26.2. The molecular weight excluding hydrogens is 482 g/mol. The molecule has 5 rings (SSSR count). The first-order valence-electron chi connectivity index (χ1n) is 13.4. The summed E-state index contributed by atoms with van der Waals surface area (Å²) in [6.45, 7) is 4.46. The summed E-state index contributed by atoms with van der Waals surface area (Å²) in [5, 5.41) is 0. The fourth-order valence-corrected chi connectivity index (χ4v) is 6.08. The van der Waals surface area contributed by atoms with Gasteiger partial charge in [-0.2, -0.15) is 13.2 Å². The van der Waals surface area contributed by atoms with Gasteiger partial charge in [-0.05, 0) is 86.0 Å². The van der Waals surface area contributed by atoms with E-state index in [0.717, 1.165) is 56.4 Å². The number of piperidine rings is 1. The number of benzene rings is 2. The summed E-state index contributed by atoms with van der Waals surface area (Å²) in [5.41, 5.74) is 4.82. The number of likely N-dealkylation sites (tertiary alicyclic amines) is 1. The second-order valence-corrected chi connectivity index (χ2v) is 10.8. The molecule has 8 heteroatoms. The van der Waals surface area contributed by atoms with Crippen molar-refractivity contribution in [1.29, 1.82) is 0 Å². The third kappa shape index (κ3) is 6.52. The highest BCUT2D eigenvalue weighted by Crippen LogP contribution is 2.34. The molecule has 0 radical (unpaired) electrons. The lowest BCUT2D eigenvalue weighted by molar-refractivity contribution is -0.185. The molecule has 4 nitrogen and oxygen atoms in total. The van der Waals surface area contributed by atoms with Gasteiger partial charge in [-0.3, -0.25) is 14.6 Å². The van der Waals surface area contributed by atoms with Gasteiger partial charge in [0.1, 0.15) is 5.82 Å². The predicted molar refractivity (Wildman–Crippen MR) is 135 cm³/mol. The van der Waals surface area contributed by atoms with E-state index in [4.69, 9.17) is 0 Å². The normalized spacial score (nSPS) is 22.3. The Labute approximate surface area is 216 Å². The highest BCUT2D eigenvalue weighted by Gasteiger charge is 2.41. The van der Waals surface area contributed by atoms with Crippen molar-refractivity contribution >= 4 is 5.91 Å². The van der Waals surface area contributed by atoms with Crippen molar-refractivity contribution in [3.8, 4) is 0 Å². The molecule has 0 bridgehead atoms. The van der Waals surface area contributed by atoms with Gasteiger partial charge in [-0.1, -0.05) is 30.3 Å². The topological polar surface area (TPSA) is 26.8 Å². The number of alkyl halides is 3. The van der Waals surface area contributed by atoms with Crippen molar-refractivity contribution in [3.05, 3.63) is 70.5 Å². The number of amides is 1. The van der Waals surface area contributed by atoms with E-state index < -0.39 is 12.1 Å². The Morgan fingerprint density at radius 2 is 1.57 bits per heavy atom. The lowest BCUT2D eigenvalue weighted by Crippen LogP contribution is -2.55. The molecule has 2 fully saturated rings. The molecule has 0 N–H and O–H groups in total. The van der Waals surface area contributed by atoms with E-state index in [1.165, 1.54) is 23.3 Å². The zero-order chi connectivity index (χ0) is 26.0. The van der Waals surface area contributed by atoms with Gasteiger partial charge in [0.15, 0.2) is 0 Å². The number of fused-ring (bicyclic) bond motifs is 1. The van der Waals surface area contributed by atoms with Gasteiger partial charge >= 0.3 is 6.18 Å². The Hall–Kier alpha value is -2.45. The first-order chi connectivity index (χ1) is 17.7. The van der Waals surface area contributed by atoms with Gasteiger partial charge in [-0.15, -0.1) is 0 Å². The highest BCUT2D eigenvalue weighted by atomic mass is 19.4. The molecule has 2 heterocycles. The van der Waals surface area contributed by atoms with Crippen LogP contribution >= 0.6 is 0 Å². The van der Waals surface area contributed by atoms with Crippen LogP contribution in [0.2, 0.25) is 0 Å². The Kier molecular flexibility index (Phi) is 7.86. The maximum absolute atomic E-state index is 13.1. The lowest BCUT2D eigenvalue weighted by Gasteiger charge is -2.41. The van der Waals surface area contributed by atoms with Gasteiger partial charge in [0.05, 0.1) is 12.5 Å². The molecule has 3 aliphatic rings. The van der Waals surface area contributed by atoms with Crippen molar-refractivity contribution < 1.29 is 22.4 Å². The van der Waals surface area contributed by atoms with Crippen LogP contribution in [0.5, 0.6) is 0 Å². The number of nitrogens with zero attached hydrogens (tertiary/aromatic N) is 3. The van der Waals surface area contributed by atoms with Gasteiger partial charge < -0.3 is 4.90 Å². The molecule has 1 atom stereocenters. The summed E-state index contributed by atoms with van der Waals surface area (Å²) in [5.74, 6) is -1.22. The summed E-state index contributed by atoms with van der Waals surface area (Å²) >= 11 is 0. The average molecular weight is 518 g/mol. The van der Waals surface area contributed by atoms with Crippen LogP contribution in [-0.2, 0) is 30.6 Å². The monoisotopic (exact) mass is 517 g/mol. The summed E-state index contributed by atoms with van der Waals surface area (Å²) in [6.07, 6.45) is -0.197. The fourth-order valence-electron chi connectivity index (χ4n) is 6.08. The van der Waals surface area contributed by atoms with Crippen molar-refractivity contribution in [2.75, 3.05) is 39.3 Å². The van der Waals surface area contributed by atoms with Gasteiger partial charge in [-0.25, -0.2) is 4.39 Å². The van der Waals surface area contributed by atoms with Crippen LogP contribution in [0.1, 0.15) is 41.5 Å². The number of hydrogen-bond acceptors (Lipinski definition) is 3. The van der Waals surface area contributed by atoms with E-state index in [-0.39, 0.29) is 30.6 Å². The first-order valence-corrected chi connectivity index (χ1v) is 13.4. The van der Waals surface area contributed by atoms with Crippen molar-refractivity contribution in [1.82, 2.24) is 14.7 Å². The molecule has 2 aliphatic heterocycles. The largest absolute Gasteiger partial charge is 0.391 e. The molecule has 0 spiro atoms. The molecule has 2 aromatic carbocycles. The number of hydrogen-bond donors (Lipinski definition) is 0. The molecule has 200 valence electrons. The Bertz CT molecular complexity index is 1080. The van der Waals surface area contributed by atoms with E-state index in [2.05, 4.69) is 32.9 Å². The number of piperazine rings is 1. The minimum Gasteiger partial charge on any atom is -0.337 e. The SMILES string of the molecule is O=C1CN(CCc2ccc(F)cc2)CCN1[C@H]1CCc2cc(CN3CCC(C(F)(F)F)CC3)ccc2C1. The predicted octanol–water partition coefficient (Wildman–Crippen LogP) is 4.84. The van der Waals surface area contributed by atoms with Gasteiger partial charge in [0.2, 0.25) is 5.91 Å². The Morgan fingerprint density at radius 3 is 2.27 bits per heavy atom. The molecule has 1 aliphatic carbocycles. The van der Waals surface area contributed by atoms with E-state index in [1.54, 1.807) is 12.1 Å². The van der Waals surface area contributed by atoms with Crippen molar-refractivity contribution in [2.45, 2.75) is 57.3 Å². The van der Waals surface area contributed by atoms with E-state index in [1.807, 2.05) is 0 Å². The highest BCUT2D eigenvalue weighted by molar-refractivity contribution is 5.79. The zero-order valence-corrected chi connectivity index (χ0v) is 21.2. The maximum atomic E-state index is 13.1. The fraction of sp³-hybridized carbons (Fsp3) is 0.552. The van der Waals surface area contributed by atoms with Crippen LogP contribution < -0.4 is 0 Å². The summed E-state index contributed by atoms with van der Waals surface area (Å²) in [4.78, 5) is 19.4. The molecule has 0 saturated carbocycles. The number of carbonyl (C=O) groups is 1. The molecule has 1 amide bonds. The third-order valence-electron chi connectivity index (χ3n) is 8.34. The quantitative estimate of drug-likeness (QED) is 0.513. The smallest absolute Gasteiger partial charge is 0.337 e. The minimum atomic E-state index is -4.08. The lowest BCUT2D eigenvalue weighted by atomic mass is 9.86. The molecule has 2 saturated heterocycles. The molecule has 37 heavy (non-hydrogen) atoms. The average Bonchev–Trinajstić information content (AvgIpc) is 2.88. The number of aryl methyl sites for hydroxylation is 1. The third-order valence-corrected chi connectivity index (χ3v) is 8.34. The molecule has 0 aromatic heterocycles. The maximum Gasteiger partial charge on any atom is 0.391 e. The van der Waals surface area contributed by atoms with Gasteiger partial charge in [0.25, 0.3) is 0 Å². The van der Waals surface area contributed by atoms with E-state index in [0.29, 0.717) is 26.2 Å². The molecular formula is C29H35F4N3O. The minimum absolute atomic E-state index is 0.178. The number of rotatable bonds is 6. The van der Waals surface area contributed by atoms with Crippen LogP contribution in [0.4, 0.5) is 17.6 Å². The van der Waals surface area contributed by atoms with Crippen LogP contribution in [0.15, 0.2) is 42.5 Å². The van der Waals surface area contributed by atoms with E-state index >= 15 is 0 Å². The van der Waals surface area contributed by atoms with Crippen LogP contribution in [0.25, 0.3) is 0 Å². The number of halogens is 4. The molecule has 2 aromatic rings. The van der Waals surface area contributed by atoms with Crippen molar-refractivity contribution in [3.63, 3.8) is 0 Å². The molecule has 0 unspecified atom stereocenters. The second kappa shape index (κ2) is 11.1.